The van der Waals surface area contributed by atoms with Crippen LogP contribution in [-0.4, -0.2) is 0 Å². The average molecular weight is 326 g/mol. The number of benzene rings is 1. The molecule has 19 heavy (non-hydrogen) atoms. The fraction of sp³-hybridized carbons (Fsp3) is 0.333. The van der Waals surface area contributed by atoms with Gasteiger partial charge in [0.2, 0.25) is 0 Å². The van der Waals surface area contributed by atoms with Crippen LogP contribution in [0.5, 0.6) is 0 Å². The van der Waals surface area contributed by atoms with Crippen molar-refractivity contribution in [3.8, 4) is 0 Å². The van der Waals surface area contributed by atoms with Crippen molar-refractivity contribution in [3.63, 3.8) is 0 Å². The number of halogens is 2. The van der Waals surface area contributed by atoms with Gasteiger partial charge >= 0.3 is 0 Å². The van der Waals surface area contributed by atoms with Crippen molar-refractivity contribution in [3.05, 3.63) is 57.7 Å². The van der Waals surface area contributed by atoms with Gasteiger partial charge in [-0.25, -0.2) is 4.39 Å². The minimum atomic E-state index is -0.238. The lowest BCUT2D eigenvalue weighted by Gasteiger charge is -2.20. The molecule has 1 aromatic heterocycles. The molecule has 2 rings (SSSR count). The molecule has 0 bridgehead atoms. The van der Waals surface area contributed by atoms with Gasteiger partial charge in [0.05, 0.1) is 6.04 Å². The van der Waals surface area contributed by atoms with Gasteiger partial charge in [-0.05, 0) is 50.6 Å². The minimum absolute atomic E-state index is 0.0929. The first-order valence-electron chi connectivity index (χ1n) is 6.24. The largest absolute Gasteiger partial charge is 0.465 e. The molecular weight excluding hydrogens is 309 g/mol. The number of furan rings is 1. The lowest BCUT2D eigenvalue weighted by molar-refractivity contribution is 0.392. The van der Waals surface area contributed by atoms with Crippen LogP contribution in [0.25, 0.3) is 0 Å². The smallest absolute Gasteiger partial charge is 0.124 e. The summed E-state index contributed by atoms with van der Waals surface area (Å²) in [7, 11) is 0. The summed E-state index contributed by atoms with van der Waals surface area (Å²) in [5.74, 6) is 1.57. The monoisotopic (exact) mass is 325 g/mol. The molecule has 0 saturated heterocycles. The molecule has 2 aromatic rings. The third-order valence-corrected chi connectivity index (χ3v) is 3.80. The highest BCUT2D eigenvalue weighted by Gasteiger charge is 2.15. The maximum absolute atomic E-state index is 13.1. The second-order valence-corrected chi connectivity index (χ2v) is 5.58. The van der Waals surface area contributed by atoms with E-state index in [2.05, 4.69) is 21.2 Å². The summed E-state index contributed by atoms with van der Waals surface area (Å²) in [5.41, 5.74) is 1.02. The van der Waals surface area contributed by atoms with E-state index in [4.69, 9.17) is 4.42 Å². The Morgan fingerprint density at radius 1 is 1.16 bits per heavy atom. The second-order valence-electron chi connectivity index (χ2n) is 4.72. The Bertz CT molecular complexity index is 567. The Kier molecular flexibility index (Phi) is 4.42. The van der Waals surface area contributed by atoms with Crippen LogP contribution >= 0.6 is 15.9 Å². The molecule has 4 heteroatoms. The maximum Gasteiger partial charge on any atom is 0.124 e. The van der Waals surface area contributed by atoms with Crippen LogP contribution in [0, 0.1) is 12.7 Å². The number of hydrogen-bond donors (Lipinski definition) is 1. The van der Waals surface area contributed by atoms with Crippen LogP contribution < -0.4 is 5.32 Å². The lowest BCUT2D eigenvalue weighted by atomic mass is 10.1. The molecule has 0 aliphatic rings. The zero-order chi connectivity index (χ0) is 14.0. The highest BCUT2D eigenvalue weighted by atomic mass is 79.9. The van der Waals surface area contributed by atoms with E-state index in [1.165, 1.54) is 12.1 Å². The van der Waals surface area contributed by atoms with Gasteiger partial charge in [0.15, 0.2) is 0 Å². The first-order valence-corrected chi connectivity index (χ1v) is 7.04. The highest BCUT2D eigenvalue weighted by molar-refractivity contribution is 9.10. The van der Waals surface area contributed by atoms with Gasteiger partial charge < -0.3 is 9.73 Å². The fourth-order valence-corrected chi connectivity index (χ4v) is 2.78. The second kappa shape index (κ2) is 5.88. The van der Waals surface area contributed by atoms with E-state index in [0.29, 0.717) is 0 Å². The summed E-state index contributed by atoms with van der Waals surface area (Å²) in [5, 5.41) is 3.44. The summed E-state index contributed by atoms with van der Waals surface area (Å²) in [6.07, 6.45) is 0. The molecule has 0 saturated carbocycles. The van der Waals surface area contributed by atoms with Crippen molar-refractivity contribution in [2.24, 2.45) is 0 Å². The van der Waals surface area contributed by atoms with Crippen molar-refractivity contribution in [2.75, 3.05) is 0 Å². The zero-order valence-corrected chi connectivity index (χ0v) is 12.8. The topological polar surface area (TPSA) is 25.2 Å². The standard InChI is InChI=1S/C15H17BrFNO/c1-9-4-7-15(19-9)11(3)18-10(2)13-6-5-12(17)8-14(13)16/h4-8,10-11,18H,1-3H3. The maximum atomic E-state index is 13.1. The zero-order valence-electron chi connectivity index (χ0n) is 11.2. The number of nitrogens with one attached hydrogen (secondary N) is 1. The number of hydrogen-bond acceptors (Lipinski definition) is 2. The Hall–Kier alpha value is -1.13. The Morgan fingerprint density at radius 2 is 1.89 bits per heavy atom. The molecule has 0 aliphatic heterocycles. The van der Waals surface area contributed by atoms with Crippen molar-refractivity contribution in [2.45, 2.75) is 32.9 Å². The molecule has 1 heterocycles. The minimum Gasteiger partial charge on any atom is -0.465 e. The van der Waals surface area contributed by atoms with E-state index < -0.39 is 0 Å². The van der Waals surface area contributed by atoms with Gasteiger partial charge in [0, 0.05) is 10.5 Å². The van der Waals surface area contributed by atoms with Crippen LogP contribution in [0.1, 0.15) is 43.0 Å². The fourth-order valence-electron chi connectivity index (χ4n) is 2.09. The van der Waals surface area contributed by atoms with Gasteiger partial charge in [-0.1, -0.05) is 22.0 Å². The molecular formula is C15H17BrFNO. The Balaban J connectivity index is 2.10. The summed E-state index contributed by atoms with van der Waals surface area (Å²) in [6.45, 7) is 6.02. The molecule has 1 N–H and O–H groups in total. The molecule has 0 aliphatic carbocycles. The van der Waals surface area contributed by atoms with Crippen molar-refractivity contribution in [1.29, 1.82) is 0 Å². The van der Waals surface area contributed by atoms with Gasteiger partial charge in [-0.2, -0.15) is 0 Å². The van der Waals surface area contributed by atoms with Crippen LogP contribution in [0.15, 0.2) is 39.2 Å². The third-order valence-electron chi connectivity index (χ3n) is 3.12. The summed E-state index contributed by atoms with van der Waals surface area (Å²) in [4.78, 5) is 0. The van der Waals surface area contributed by atoms with Crippen molar-refractivity contribution in [1.82, 2.24) is 5.32 Å². The quantitative estimate of drug-likeness (QED) is 0.864. The predicted octanol–water partition coefficient (Wildman–Crippen LogP) is 4.90. The van der Waals surface area contributed by atoms with Gasteiger partial charge in [0.25, 0.3) is 0 Å². The lowest BCUT2D eigenvalue weighted by Crippen LogP contribution is -2.22. The van der Waals surface area contributed by atoms with E-state index in [-0.39, 0.29) is 17.9 Å². The van der Waals surface area contributed by atoms with E-state index >= 15 is 0 Å². The third kappa shape index (κ3) is 3.45. The molecule has 2 unspecified atom stereocenters. The first kappa shape index (κ1) is 14.3. The van der Waals surface area contributed by atoms with Gasteiger partial charge in [-0.3, -0.25) is 0 Å². The van der Waals surface area contributed by atoms with E-state index in [0.717, 1.165) is 21.6 Å². The molecule has 2 nitrogen and oxygen atoms in total. The normalized spacial score (nSPS) is 14.4. The van der Waals surface area contributed by atoms with E-state index in [9.17, 15) is 4.39 Å². The van der Waals surface area contributed by atoms with Crippen LogP contribution in [0.2, 0.25) is 0 Å². The molecule has 0 radical (unpaired) electrons. The average Bonchev–Trinajstić information content (AvgIpc) is 2.75. The molecule has 102 valence electrons. The van der Waals surface area contributed by atoms with Crippen molar-refractivity contribution >= 4 is 15.9 Å². The molecule has 1 aromatic carbocycles. The SMILES string of the molecule is Cc1ccc(C(C)NC(C)c2ccc(F)cc2Br)o1. The first-order chi connectivity index (χ1) is 8.97. The predicted molar refractivity (Wildman–Crippen MR) is 77.5 cm³/mol. The van der Waals surface area contributed by atoms with Crippen LogP contribution in [0.4, 0.5) is 4.39 Å². The summed E-state index contributed by atoms with van der Waals surface area (Å²) < 4.78 is 19.4. The summed E-state index contributed by atoms with van der Waals surface area (Å²) >= 11 is 3.39. The molecule has 0 spiro atoms. The Labute approximate surface area is 121 Å². The van der Waals surface area contributed by atoms with Crippen LogP contribution in [-0.2, 0) is 0 Å². The number of rotatable bonds is 4. The van der Waals surface area contributed by atoms with E-state index in [1.807, 2.05) is 32.9 Å². The molecule has 2 atom stereocenters. The van der Waals surface area contributed by atoms with Gasteiger partial charge in [-0.15, -0.1) is 0 Å². The summed E-state index contributed by atoms with van der Waals surface area (Å²) in [6, 6.07) is 8.86. The number of aryl methyl sites for hydroxylation is 1. The van der Waals surface area contributed by atoms with Gasteiger partial charge in [0.1, 0.15) is 17.3 Å². The highest BCUT2D eigenvalue weighted by Crippen LogP contribution is 2.27. The molecule has 0 amide bonds. The van der Waals surface area contributed by atoms with E-state index in [1.54, 1.807) is 6.07 Å². The van der Waals surface area contributed by atoms with Crippen molar-refractivity contribution < 1.29 is 8.81 Å². The molecule has 0 fully saturated rings. The van der Waals surface area contributed by atoms with Crippen LogP contribution in [0.3, 0.4) is 0 Å². The Morgan fingerprint density at radius 3 is 2.47 bits per heavy atom.